The first kappa shape index (κ1) is 16.0. The number of aliphatic hydroxyl groups excluding tert-OH is 1. The Morgan fingerprint density at radius 2 is 2.05 bits per heavy atom. The Bertz CT molecular complexity index is 527. The molecule has 2 amide bonds. The normalized spacial score (nSPS) is 22.8. The highest BCUT2D eigenvalue weighted by atomic mass is 32.2. The first-order valence-corrected chi connectivity index (χ1v) is 8.58. The van der Waals surface area contributed by atoms with Gasteiger partial charge < -0.3 is 15.7 Å². The number of rotatable bonds is 4. The molecule has 1 heterocycles. The number of nitrogens with one attached hydrogen (secondary N) is 2. The molecule has 0 saturated carbocycles. The van der Waals surface area contributed by atoms with E-state index >= 15 is 0 Å². The molecule has 1 aliphatic rings. The van der Waals surface area contributed by atoms with Gasteiger partial charge in [-0.05, 0) is 25.8 Å². The molecule has 3 N–H and O–H groups in total. The number of hydrogen-bond acceptors (Lipinski definition) is 3. The lowest BCUT2D eigenvalue weighted by Gasteiger charge is -2.16. The van der Waals surface area contributed by atoms with Gasteiger partial charge in [0.2, 0.25) is 0 Å². The molecule has 2 rings (SSSR count). The number of aryl methyl sites for hydroxylation is 2. The molecule has 3 atom stereocenters. The van der Waals surface area contributed by atoms with Crippen LogP contribution in [-0.4, -0.2) is 39.4 Å². The largest absolute Gasteiger partial charge is 0.387 e. The second kappa shape index (κ2) is 7.04. The third-order valence-electron chi connectivity index (χ3n) is 3.50. The fourth-order valence-electron chi connectivity index (χ4n) is 2.52. The van der Waals surface area contributed by atoms with E-state index in [0.717, 1.165) is 23.1 Å². The zero-order valence-corrected chi connectivity index (χ0v) is 13.2. The molecule has 0 radical (unpaired) electrons. The van der Waals surface area contributed by atoms with Crippen molar-refractivity contribution in [3.8, 4) is 0 Å². The minimum absolute atomic E-state index is 0.0239. The lowest BCUT2D eigenvalue weighted by molar-refractivity contribution is 0.172. The summed E-state index contributed by atoms with van der Waals surface area (Å²) in [6.45, 7) is 4.11. The van der Waals surface area contributed by atoms with Gasteiger partial charge in [-0.3, -0.25) is 4.21 Å². The minimum atomic E-state index is -0.809. The lowest BCUT2D eigenvalue weighted by atomic mass is 10.0. The maximum absolute atomic E-state index is 11.7. The highest BCUT2D eigenvalue weighted by molar-refractivity contribution is 7.85. The summed E-state index contributed by atoms with van der Waals surface area (Å²) in [4.78, 5) is 11.7. The van der Waals surface area contributed by atoms with Gasteiger partial charge in [0.05, 0.1) is 6.10 Å². The van der Waals surface area contributed by atoms with Gasteiger partial charge in [-0.2, -0.15) is 0 Å². The molecule has 5 nitrogen and oxygen atoms in total. The van der Waals surface area contributed by atoms with E-state index in [2.05, 4.69) is 10.6 Å². The van der Waals surface area contributed by atoms with Crippen molar-refractivity contribution >= 4 is 16.8 Å². The molecule has 1 aromatic carbocycles. The zero-order valence-electron chi connectivity index (χ0n) is 12.4. The second-order valence-corrected chi connectivity index (χ2v) is 7.21. The Morgan fingerprint density at radius 1 is 1.38 bits per heavy atom. The van der Waals surface area contributed by atoms with Crippen molar-refractivity contribution in [3.63, 3.8) is 0 Å². The van der Waals surface area contributed by atoms with Crippen molar-refractivity contribution in [3.05, 3.63) is 34.9 Å². The fraction of sp³-hybridized carbons (Fsp3) is 0.533. The van der Waals surface area contributed by atoms with Gasteiger partial charge in [-0.25, -0.2) is 4.79 Å². The smallest absolute Gasteiger partial charge is 0.315 e. The van der Waals surface area contributed by atoms with Crippen LogP contribution in [0.25, 0.3) is 0 Å². The summed E-state index contributed by atoms with van der Waals surface area (Å²) < 4.78 is 11.2. The third kappa shape index (κ3) is 4.82. The van der Waals surface area contributed by atoms with Crippen molar-refractivity contribution in [1.29, 1.82) is 0 Å². The lowest BCUT2D eigenvalue weighted by Crippen LogP contribution is -2.43. The summed E-state index contributed by atoms with van der Waals surface area (Å²) in [6.07, 6.45) is 0.0201. The first-order chi connectivity index (χ1) is 9.94. The van der Waals surface area contributed by atoms with E-state index in [1.807, 2.05) is 32.0 Å². The Labute approximate surface area is 127 Å². The number of amides is 2. The summed E-state index contributed by atoms with van der Waals surface area (Å²) in [5, 5.41) is 15.6. The maximum Gasteiger partial charge on any atom is 0.315 e. The van der Waals surface area contributed by atoms with E-state index in [1.54, 1.807) is 0 Å². The van der Waals surface area contributed by atoms with Gasteiger partial charge in [0.15, 0.2) is 0 Å². The van der Waals surface area contributed by atoms with E-state index in [1.165, 1.54) is 0 Å². The number of hydrogen-bond donors (Lipinski definition) is 3. The molecule has 6 heteroatoms. The van der Waals surface area contributed by atoms with Gasteiger partial charge in [0.1, 0.15) is 0 Å². The number of carbonyl (C=O) groups is 1. The van der Waals surface area contributed by atoms with Crippen LogP contribution in [0.5, 0.6) is 0 Å². The predicted octanol–water partition coefficient (Wildman–Crippen LogP) is 1.16. The number of aliphatic hydroxyl groups is 1. The molecule has 21 heavy (non-hydrogen) atoms. The maximum atomic E-state index is 11.7. The van der Waals surface area contributed by atoms with Gasteiger partial charge in [0, 0.05) is 34.9 Å². The zero-order chi connectivity index (χ0) is 15.4. The quantitative estimate of drug-likeness (QED) is 0.781. The molecule has 116 valence electrons. The second-order valence-electron chi connectivity index (χ2n) is 5.59. The third-order valence-corrected chi connectivity index (χ3v) is 4.97. The summed E-state index contributed by atoms with van der Waals surface area (Å²) in [5.41, 5.74) is 2.97. The van der Waals surface area contributed by atoms with Gasteiger partial charge in [0.25, 0.3) is 0 Å². The molecule has 1 aromatic rings. The van der Waals surface area contributed by atoms with Gasteiger partial charge in [-0.15, -0.1) is 0 Å². The van der Waals surface area contributed by atoms with Gasteiger partial charge >= 0.3 is 6.03 Å². The Hall–Kier alpha value is -1.40. The molecule has 1 saturated heterocycles. The van der Waals surface area contributed by atoms with Crippen LogP contribution in [0.15, 0.2) is 18.2 Å². The average molecular weight is 310 g/mol. The van der Waals surface area contributed by atoms with Crippen molar-refractivity contribution in [2.45, 2.75) is 32.4 Å². The fourth-order valence-corrected chi connectivity index (χ4v) is 3.94. The standard InChI is InChI=1S/C15H22N2O3S/c1-10-5-11(2)7-12(6-10)14(18)8-16-15(19)17-13-3-4-21(20)9-13/h5-7,13-14,18H,3-4,8-9H2,1-2H3,(H2,16,17,19)/t13-,14-,21-/m1/s1. The average Bonchev–Trinajstić information content (AvgIpc) is 2.80. The highest BCUT2D eigenvalue weighted by Gasteiger charge is 2.22. The molecular formula is C15H22N2O3S. The molecule has 0 aliphatic carbocycles. The molecule has 0 bridgehead atoms. The van der Waals surface area contributed by atoms with E-state index in [4.69, 9.17) is 0 Å². The molecular weight excluding hydrogens is 288 g/mol. The van der Waals surface area contributed by atoms with Crippen LogP contribution in [0.1, 0.15) is 29.2 Å². The summed E-state index contributed by atoms with van der Waals surface area (Å²) in [5.74, 6) is 1.17. The Morgan fingerprint density at radius 3 is 2.62 bits per heavy atom. The van der Waals surface area contributed by atoms with Crippen LogP contribution >= 0.6 is 0 Å². The van der Waals surface area contributed by atoms with Crippen molar-refractivity contribution < 1.29 is 14.1 Å². The van der Waals surface area contributed by atoms with Crippen molar-refractivity contribution in [2.24, 2.45) is 0 Å². The van der Waals surface area contributed by atoms with Crippen LogP contribution in [0.4, 0.5) is 4.79 Å². The van der Waals surface area contributed by atoms with Crippen LogP contribution in [0.3, 0.4) is 0 Å². The van der Waals surface area contributed by atoms with Crippen molar-refractivity contribution in [1.82, 2.24) is 10.6 Å². The highest BCUT2D eigenvalue weighted by Crippen LogP contribution is 2.16. The monoisotopic (exact) mass is 310 g/mol. The Kier molecular flexibility index (Phi) is 5.36. The summed E-state index contributed by atoms with van der Waals surface area (Å²) >= 11 is 0. The number of benzene rings is 1. The van der Waals surface area contributed by atoms with Crippen molar-refractivity contribution in [2.75, 3.05) is 18.1 Å². The van der Waals surface area contributed by atoms with Crippen LogP contribution in [0.2, 0.25) is 0 Å². The molecule has 0 spiro atoms. The van der Waals surface area contributed by atoms with Crippen LogP contribution < -0.4 is 10.6 Å². The molecule has 0 aromatic heterocycles. The summed E-state index contributed by atoms with van der Waals surface area (Å²) in [7, 11) is -0.809. The predicted molar refractivity (Wildman–Crippen MR) is 83.7 cm³/mol. The van der Waals surface area contributed by atoms with Gasteiger partial charge in [-0.1, -0.05) is 29.3 Å². The number of carbonyl (C=O) groups excluding carboxylic acids is 1. The van der Waals surface area contributed by atoms with E-state index in [0.29, 0.717) is 11.5 Å². The minimum Gasteiger partial charge on any atom is -0.387 e. The van der Waals surface area contributed by atoms with E-state index < -0.39 is 16.9 Å². The molecule has 0 unspecified atom stereocenters. The van der Waals surface area contributed by atoms with Crippen LogP contribution in [-0.2, 0) is 10.8 Å². The molecule has 1 aliphatic heterocycles. The van der Waals surface area contributed by atoms with Crippen LogP contribution in [0, 0.1) is 13.8 Å². The Balaban J connectivity index is 1.81. The summed E-state index contributed by atoms with van der Waals surface area (Å²) in [6, 6.07) is 5.53. The topological polar surface area (TPSA) is 78.4 Å². The number of urea groups is 1. The van der Waals surface area contributed by atoms with E-state index in [9.17, 15) is 14.1 Å². The van der Waals surface area contributed by atoms with E-state index in [-0.39, 0.29) is 18.6 Å². The SMILES string of the molecule is Cc1cc(C)cc([C@H](O)CNC(=O)N[C@@H]2CC[S@@](=O)C2)c1. The molecule has 1 fully saturated rings. The first-order valence-electron chi connectivity index (χ1n) is 7.09.